The molecule has 6 nitrogen and oxygen atoms in total. The SMILES string of the molecule is CCCCCC/C=C/C(=O)NCCN(CCNC(=O)/C=C/CCCCCC)CC1CO1. The molecule has 0 aliphatic carbocycles. The number of carbonyl (C=O) groups is 2. The van der Waals surface area contributed by atoms with Crippen LogP contribution in [0.5, 0.6) is 0 Å². The Balaban J connectivity index is 2.15. The molecule has 2 N–H and O–H groups in total. The average molecular weight is 436 g/mol. The number of nitrogens with one attached hydrogen (secondary N) is 2. The second kappa shape index (κ2) is 19.1. The van der Waals surface area contributed by atoms with Gasteiger partial charge in [0.2, 0.25) is 11.8 Å². The van der Waals surface area contributed by atoms with Crippen LogP contribution in [0.1, 0.15) is 78.1 Å². The van der Waals surface area contributed by atoms with Gasteiger partial charge in [0.15, 0.2) is 0 Å². The number of epoxide rings is 1. The van der Waals surface area contributed by atoms with E-state index in [9.17, 15) is 9.59 Å². The summed E-state index contributed by atoms with van der Waals surface area (Å²) in [7, 11) is 0. The molecule has 178 valence electrons. The molecule has 31 heavy (non-hydrogen) atoms. The third-order valence-electron chi connectivity index (χ3n) is 5.31. The van der Waals surface area contributed by atoms with Gasteiger partial charge in [0.1, 0.15) is 0 Å². The monoisotopic (exact) mass is 435 g/mol. The number of rotatable bonds is 20. The Labute approximate surface area is 189 Å². The average Bonchev–Trinajstić information content (AvgIpc) is 3.57. The Bertz CT molecular complexity index is 490. The van der Waals surface area contributed by atoms with E-state index in [1.54, 1.807) is 12.2 Å². The first-order valence-electron chi connectivity index (χ1n) is 12.4. The summed E-state index contributed by atoms with van der Waals surface area (Å²) in [5.74, 6) is -0.0639. The molecule has 1 aliphatic heterocycles. The Morgan fingerprint density at radius 1 is 0.839 bits per heavy atom. The van der Waals surface area contributed by atoms with Crippen molar-refractivity contribution in [2.45, 2.75) is 84.2 Å². The van der Waals surface area contributed by atoms with Gasteiger partial charge in [-0.2, -0.15) is 0 Å². The lowest BCUT2D eigenvalue weighted by molar-refractivity contribution is -0.117. The van der Waals surface area contributed by atoms with Gasteiger partial charge in [-0.05, 0) is 37.8 Å². The van der Waals surface area contributed by atoms with Gasteiger partial charge in [-0.15, -0.1) is 0 Å². The number of amides is 2. The largest absolute Gasteiger partial charge is 0.372 e. The minimum Gasteiger partial charge on any atom is -0.372 e. The van der Waals surface area contributed by atoms with Gasteiger partial charge in [0.05, 0.1) is 12.7 Å². The van der Waals surface area contributed by atoms with E-state index in [1.807, 2.05) is 12.2 Å². The highest BCUT2D eigenvalue weighted by Crippen LogP contribution is 2.10. The third-order valence-corrected chi connectivity index (χ3v) is 5.31. The fourth-order valence-electron chi connectivity index (χ4n) is 3.31. The van der Waals surface area contributed by atoms with E-state index < -0.39 is 0 Å². The van der Waals surface area contributed by atoms with Crippen LogP contribution >= 0.6 is 0 Å². The van der Waals surface area contributed by atoms with Crippen LogP contribution in [-0.2, 0) is 14.3 Å². The van der Waals surface area contributed by atoms with Crippen molar-refractivity contribution in [1.82, 2.24) is 15.5 Å². The van der Waals surface area contributed by atoms with Crippen LogP contribution in [0, 0.1) is 0 Å². The number of allylic oxidation sites excluding steroid dienone is 2. The summed E-state index contributed by atoms with van der Waals surface area (Å²) in [5.41, 5.74) is 0. The second-order valence-electron chi connectivity index (χ2n) is 8.34. The van der Waals surface area contributed by atoms with Gasteiger partial charge in [0, 0.05) is 32.7 Å². The fourth-order valence-corrected chi connectivity index (χ4v) is 3.31. The van der Waals surface area contributed by atoms with Crippen molar-refractivity contribution in [3.05, 3.63) is 24.3 Å². The molecule has 1 atom stereocenters. The molecule has 1 fully saturated rings. The van der Waals surface area contributed by atoms with E-state index in [0.29, 0.717) is 13.1 Å². The molecule has 6 heteroatoms. The Hall–Kier alpha value is -1.66. The van der Waals surface area contributed by atoms with Crippen LogP contribution in [0.2, 0.25) is 0 Å². The lowest BCUT2D eigenvalue weighted by Crippen LogP contribution is -2.40. The minimum atomic E-state index is -0.0320. The van der Waals surface area contributed by atoms with Gasteiger partial charge in [-0.25, -0.2) is 0 Å². The molecule has 0 saturated carbocycles. The van der Waals surface area contributed by atoms with Gasteiger partial charge >= 0.3 is 0 Å². The highest BCUT2D eigenvalue weighted by Gasteiger charge is 2.25. The van der Waals surface area contributed by atoms with Crippen LogP contribution in [0.4, 0.5) is 0 Å². The van der Waals surface area contributed by atoms with Crippen molar-refractivity contribution in [3.8, 4) is 0 Å². The van der Waals surface area contributed by atoms with E-state index in [1.165, 1.54) is 38.5 Å². The normalized spacial score (nSPS) is 15.8. The number of nitrogens with zero attached hydrogens (tertiary/aromatic N) is 1. The van der Waals surface area contributed by atoms with E-state index in [4.69, 9.17) is 4.74 Å². The molecule has 1 unspecified atom stereocenters. The maximum atomic E-state index is 11.9. The van der Waals surface area contributed by atoms with Crippen molar-refractivity contribution < 1.29 is 14.3 Å². The zero-order chi connectivity index (χ0) is 22.6. The molecule has 2 amide bonds. The maximum Gasteiger partial charge on any atom is 0.243 e. The summed E-state index contributed by atoms with van der Waals surface area (Å²) in [4.78, 5) is 26.1. The highest BCUT2D eigenvalue weighted by molar-refractivity contribution is 5.87. The molecule has 0 aromatic heterocycles. The smallest absolute Gasteiger partial charge is 0.243 e. The van der Waals surface area contributed by atoms with Crippen LogP contribution in [-0.4, -0.2) is 62.1 Å². The van der Waals surface area contributed by atoms with E-state index in [-0.39, 0.29) is 17.9 Å². The van der Waals surface area contributed by atoms with E-state index >= 15 is 0 Å². The molecular formula is C25H45N3O3. The number of hydrogen-bond donors (Lipinski definition) is 2. The van der Waals surface area contributed by atoms with Gasteiger partial charge in [-0.1, -0.05) is 64.5 Å². The molecule has 0 aromatic rings. The first-order valence-corrected chi connectivity index (χ1v) is 12.4. The van der Waals surface area contributed by atoms with Crippen molar-refractivity contribution in [3.63, 3.8) is 0 Å². The summed E-state index contributed by atoms with van der Waals surface area (Å²) >= 11 is 0. The first kappa shape index (κ1) is 27.4. The van der Waals surface area contributed by atoms with E-state index in [2.05, 4.69) is 29.4 Å². The lowest BCUT2D eigenvalue weighted by Gasteiger charge is -2.21. The summed E-state index contributed by atoms with van der Waals surface area (Å²) in [6.45, 7) is 8.72. The molecule has 0 bridgehead atoms. The Kier molecular flexibility index (Phi) is 16.8. The molecule has 1 heterocycles. The molecule has 1 saturated heterocycles. The Morgan fingerprint density at radius 3 is 1.74 bits per heavy atom. The number of carbonyl (C=O) groups excluding carboxylic acids is 2. The topological polar surface area (TPSA) is 74.0 Å². The predicted octanol–water partition coefficient (Wildman–Crippen LogP) is 3.97. The molecule has 0 aromatic carbocycles. The van der Waals surface area contributed by atoms with Crippen LogP contribution in [0.25, 0.3) is 0 Å². The third kappa shape index (κ3) is 17.7. The van der Waals surface area contributed by atoms with Crippen molar-refractivity contribution in [1.29, 1.82) is 0 Å². The number of hydrogen-bond acceptors (Lipinski definition) is 4. The lowest BCUT2D eigenvalue weighted by atomic mass is 10.1. The zero-order valence-corrected chi connectivity index (χ0v) is 19.9. The van der Waals surface area contributed by atoms with Gasteiger partial charge in [-0.3, -0.25) is 14.5 Å². The molecule has 1 aliphatic rings. The van der Waals surface area contributed by atoms with Crippen LogP contribution < -0.4 is 10.6 Å². The van der Waals surface area contributed by atoms with Crippen molar-refractivity contribution in [2.75, 3.05) is 39.3 Å². The van der Waals surface area contributed by atoms with Crippen molar-refractivity contribution >= 4 is 11.8 Å². The molecule has 1 rings (SSSR count). The highest BCUT2D eigenvalue weighted by atomic mass is 16.6. The fraction of sp³-hybridized carbons (Fsp3) is 0.760. The van der Waals surface area contributed by atoms with Crippen molar-refractivity contribution in [2.24, 2.45) is 0 Å². The van der Waals surface area contributed by atoms with Crippen LogP contribution in [0.15, 0.2) is 24.3 Å². The first-order chi connectivity index (χ1) is 15.2. The Morgan fingerprint density at radius 2 is 1.32 bits per heavy atom. The molecule has 0 spiro atoms. The number of ether oxygens (including phenoxy) is 1. The second-order valence-corrected chi connectivity index (χ2v) is 8.34. The predicted molar refractivity (Wildman–Crippen MR) is 128 cm³/mol. The zero-order valence-electron chi connectivity index (χ0n) is 19.9. The molecular weight excluding hydrogens is 390 g/mol. The minimum absolute atomic E-state index is 0.0320. The molecule has 0 radical (unpaired) electrons. The standard InChI is InChI=1S/C25H45N3O3/c1-3-5-7-9-11-13-15-24(29)26-17-19-28(21-23-22-31-23)20-18-27-25(30)16-14-12-10-8-6-4-2/h13-16,23H,3-12,17-22H2,1-2H3,(H,26,29)(H,27,30)/b15-13+,16-14+. The van der Waals surface area contributed by atoms with E-state index in [0.717, 1.165) is 51.9 Å². The number of unbranched alkanes of at least 4 members (excludes halogenated alkanes) is 8. The summed E-state index contributed by atoms with van der Waals surface area (Å²) < 4.78 is 5.34. The maximum absolute atomic E-state index is 11.9. The van der Waals surface area contributed by atoms with Crippen LogP contribution in [0.3, 0.4) is 0 Å². The summed E-state index contributed by atoms with van der Waals surface area (Å²) in [6, 6.07) is 0. The summed E-state index contributed by atoms with van der Waals surface area (Å²) in [5, 5.41) is 5.90. The summed E-state index contributed by atoms with van der Waals surface area (Å²) in [6.07, 6.45) is 19.2. The van der Waals surface area contributed by atoms with Gasteiger partial charge in [0.25, 0.3) is 0 Å². The van der Waals surface area contributed by atoms with Gasteiger partial charge < -0.3 is 15.4 Å². The quantitative estimate of drug-likeness (QED) is 0.172.